The van der Waals surface area contributed by atoms with Crippen molar-refractivity contribution in [1.29, 1.82) is 0 Å². The molecule has 150 valence electrons. The molecule has 7 heteroatoms. The van der Waals surface area contributed by atoms with E-state index < -0.39 is 0 Å². The quantitative estimate of drug-likeness (QED) is 0.871. The topological polar surface area (TPSA) is 74.5 Å². The van der Waals surface area contributed by atoms with Crippen molar-refractivity contribution in [3.8, 4) is 11.4 Å². The number of nitrogens with one attached hydrogen (secondary N) is 1. The van der Waals surface area contributed by atoms with Gasteiger partial charge in [0, 0.05) is 19.2 Å². The Morgan fingerprint density at radius 2 is 2.18 bits per heavy atom. The van der Waals surface area contributed by atoms with Gasteiger partial charge in [0.15, 0.2) is 0 Å². The van der Waals surface area contributed by atoms with Crippen molar-refractivity contribution < 1.29 is 9.32 Å². The second-order valence-corrected chi connectivity index (χ2v) is 8.46. The predicted octanol–water partition coefficient (Wildman–Crippen LogP) is 2.08. The zero-order valence-corrected chi connectivity index (χ0v) is 16.9. The molecule has 1 N–H and O–H groups in total. The maximum Gasteiger partial charge on any atom is 0.246 e. The van der Waals surface area contributed by atoms with E-state index in [9.17, 15) is 4.79 Å². The monoisotopic (exact) mass is 383 g/mol. The van der Waals surface area contributed by atoms with Gasteiger partial charge in [-0.3, -0.25) is 9.69 Å². The Balaban J connectivity index is 1.41. The number of hydrogen-bond donors (Lipinski definition) is 1. The van der Waals surface area contributed by atoms with E-state index in [1.165, 1.54) is 0 Å². The molecule has 0 unspecified atom stereocenters. The van der Waals surface area contributed by atoms with E-state index in [-0.39, 0.29) is 17.4 Å². The van der Waals surface area contributed by atoms with Crippen LogP contribution in [-0.2, 0) is 11.3 Å². The van der Waals surface area contributed by atoms with Gasteiger partial charge in [-0.2, -0.15) is 4.98 Å². The van der Waals surface area contributed by atoms with Crippen LogP contribution in [0.4, 0.5) is 0 Å². The van der Waals surface area contributed by atoms with Gasteiger partial charge in [-0.05, 0) is 57.8 Å². The van der Waals surface area contributed by atoms with E-state index in [4.69, 9.17) is 4.52 Å². The highest BCUT2D eigenvalue weighted by Crippen LogP contribution is 2.41. The summed E-state index contributed by atoms with van der Waals surface area (Å²) in [6, 6.07) is 7.92. The first kappa shape index (κ1) is 19.1. The molecule has 0 saturated carbocycles. The number of hydrogen-bond acceptors (Lipinski definition) is 6. The van der Waals surface area contributed by atoms with Crippen LogP contribution in [0.25, 0.3) is 11.4 Å². The lowest BCUT2D eigenvalue weighted by molar-refractivity contribution is -0.135. The van der Waals surface area contributed by atoms with Crippen molar-refractivity contribution in [3.63, 3.8) is 0 Å². The molecule has 2 aliphatic heterocycles. The van der Waals surface area contributed by atoms with E-state index in [1.807, 2.05) is 38.2 Å². The Bertz CT molecular complexity index is 843. The van der Waals surface area contributed by atoms with Gasteiger partial charge in [-0.25, -0.2) is 0 Å². The summed E-state index contributed by atoms with van der Waals surface area (Å²) in [5.74, 6) is 1.16. The molecule has 0 bridgehead atoms. The summed E-state index contributed by atoms with van der Waals surface area (Å²) in [6.45, 7) is 5.46. The number of likely N-dealkylation sites (N-methyl/N-ethyl adjacent to an activating group) is 2. The van der Waals surface area contributed by atoms with Gasteiger partial charge in [0.1, 0.15) is 0 Å². The maximum absolute atomic E-state index is 13.1. The molecule has 28 heavy (non-hydrogen) atoms. The van der Waals surface area contributed by atoms with Crippen LogP contribution in [0.2, 0.25) is 0 Å². The molecule has 1 amide bonds. The van der Waals surface area contributed by atoms with E-state index in [1.54, 1.807) is 4.90 Å². The minimum atomic E-state index is -0.0673. The van der Waals surface area contributed by atoms with Crippen molar-refractivity contribution in [2.45, 2.75) is 38.8 Å². The largest absolute Gasteiger partial charge is 0.337 e. The zero-order chi connectivity index (χ0) is 19.7. The number of aromatic nitrogens is 2. The number of carbonyl (C=O) groups excluding carboxylic acids is 1. The Labute approximate surface area is 166 Å². The summed E-state index contributed by atoms with van der Waals surface area (Å²) in [7, 11) is 3.88. The highest BCUT2D eigenvalue weighted by molar-refractivity contribution is 5.82. The first-order chi connectivity index (χ1) is 13.5. The highest BCUT2D eigenvalue weighted by atomic mass is 16.5. The van der Waals surface area contributed by atoms with Crippen LogP contribution in [0, 0.1) is 12.3 Å². The van der Waals surface area contributed by atoms with Crippen molar-refractivity contribution in [1.82, 2.24) is 25.3 Å². The zero-order valence-electron chi connectivity index (χ0n) is 16.9. The third-order valence-electron chi connectivity index (χ3n) is 6.19. The van der Waals surface area contributed by atoms with Gasteiger partial charge < -0.3 is 14.7 Å². The first-order valence-corrected chi connectivity index (χ1v) is 10.0. The molecule has 7 nitrogen and oxygen atoms in total. The summed E-state index contributed by atoms with van der Waals surface area (Å²) in [6.07, 6.45) is 3.23. The number of piperidine rings is 1. The molecule has 1 atom stereocenters. The fourth-order valence-corrected chi connectivity index (χ4v) is 4.62. The second-order valence-electron chi connectivity index (χ2n) is 8.46. The summed E-state index contributed by atoms with van der Waals surface area (Å²) in [5.41, 5.74) is 2.35. The minimum absolute atomic E-state index is 0.0673. The lowest BCUT2D eigenvalue weighted by Crippen LogP contribution is -2.42. The predicted molar refractivity (Wildman–Crippen MR) is 107 cm³/mol. The molecular weight excluding hydrogens is 354 g/mol. The minimum Gasteiger partial charge on any atom is -0.337 e. The standard InChI is InChI=1S/C21H29N5O2/c1-15-5-4-6-16(11-15)19-23-18(28-24-19)13-25(2)20(27)17-12-21(14-26(17)3)7-9-22-10-8-21/h4-6,11,17,22H,7-10,12-14H2,1-3H3/t17-/m0/s1. The molecule has 2 fully saturated rings. The smallest absolute Gasteiger partial charge is 0.246 e. The second kappa shape index (κ2) is 7.64. The molecule has 1 aromatic carbocycles. The van der Waals surface area contributed by atoms with Crippen molar-refractivity contribution in [2.75, 3.05) is 33.7 Å². The van der Waals surface area contributed by atoms with E-state index in [0.717, 1.165) is 50.0 Å². The van der Waals surface area contributed by atoms with E-state index in [2.05, 4.69) is 27.4 Å². The first-order valence-electron chi connectivity index (χ1n) is 10.0. The lowest BCUT2D eigenvalue weighted by Gasteiger charge is -2.33. The van der Waals surface area contributed by atoms with E-state index >= 15 is 0 Å². The van der Waals surface area contributed by atoms with Crippen LogP contribution in [0.15, 0.2) is 28.8 Å². The summed E-state index contributed by atoms with van der Waals surface area (Å²) >= 11 is 0. The summed E-state index contributed by atoms with van der Waals surface area (Å²) < 4.78 is 5.40. The Hall–Kier alpha value is -2.25. The van der Waals surface area contributed by atoms with Crippen LogP contribution in [0.1, 0.15) is 30.7 Å². The Morgan fingerprint density at radius 1 is 1.39 bits per heavy atom. The average molecular weight is 383 g/mol. The average Bonchev–Trinajstić information content (AvgIpc) is 3.26. The van der Waals surface area contributed by atoms with Gasteiger partial charge in [-0.1, -0.05) is 28.9 Å². The molecule has 2 aliphatic rings. The number of aryl methyl sites for hydroxylation is 1. The van der Waals surface area contributed by atoms with Crippen LogP contribution in [-0.4, -0.2) is 65.6 Å². The van der Waals surface area contributed by atoms with Gasteiger partial charge in [0.25, 0.3) is 0 Å². The number of nitrogens with zero attached hydrogens (tertiary/aromatic N) is 4. The van der Waals surface area contributed by atoms with Gasteiger partial charge in [-0.15, -0.1) is 0 Å². The molecule has 2 saturated heterocycles. The number of likely N-dealkylation sites (tertiary alicyclic amines) is 1. The van der Waals surface area contributed by atoms with Crippen LogP contribution in [0.5, 0.6) is 0 Å². The Morgan fingerprint density at radius 3 is 2.93 bits per heavy atom. The van der Waals surface area contributed by atoms with Crippen LogP contribution >= 0.6 is 0 Å². The fraction of sp³-hybridized carbons (Fsp3) is 0.571. The Kier molecular flexibility index (Phi) is 5.21. The van der Waals surface area contributed by atoms with Crippen molar-refractivity contribution >= 4 is 5.91 Å². The molecule has 1 aromatic heterocycles. The molecule has 2 aromatic rings. The van der Waals surface area contributed by atoms with Crippen molar-refractivity contribution in [2.24, 2.45) is 5.41 Å². The third kappa shape index (κ3) is 3.82. The fourth-order valence-electron chi connectivity index (χ4n) is 4.62. The number of rotatable bonds is 4. The SMILES string of the molecule is Cc1cccc(-c2noc(CN(C)C(=O)[C@@H]3CC4(CCNCC4)CN3C)n2)c1. The van der Waals surface area contributed by atoms with Crippen LogP contribution < -0.4 is 5.32 Å². The third-order valence-corrected chi connectivity index (χ3v) is 6.19. The van der Waals surface area contributed by atoms with Crippen molar-refractivity contribution in [3.05, 3.63) is 35.7 Å². The van der Waals surface area contributed by atoms with Gasteiger partial charge in [0.2, 0.25) is 17.6 Å². The number of carbonyl (C=O) groups is 1. The summed E-state index contributed by atoms with van der Waals surface area (Å²) in [5, 5.41) is 7.51. The maximum atomic E-state index is 13.1. The van der Waals surface area contributed by atoms with Gasteiger partial charge >= 0.3 is 0 Å². The van der Waals surface area contributed by atoms with Gasteiger partial charge in [0.05, 0.1) is 12.6 Å². The molecule has 1 spiro atoms. The number of amides is 1. The molecule has 3 heterocycles. The van der Waals surface area contributed by atoms with Crippen LogP contribution in [0.3, 0.4) is 0 Å². The normalized spacial score (nSPS) is 21.9. The number of benzene rings is 1. The highest BCUT2D eigenvalue weighted by Gasteiger charge is 2.46. The lowest BCUT2D eigenvalue weighted by atomic mass is 9.77. The summed E-state index contributed by atoms with van der Waals surface area (Å²) in [4.78, 5) is 21.5. The molecule has 0 aliphatic carbocycles. The molecule has 0 radical (unpaired) electrons. The molecule has 4 rings (SSSR count). The molecular formula is C21H29N5O2. The van der Waals surface area contributed by atoms with E-state index in [0.29, 0.717) is 18.3 Å².